The van der Waals surface area contributed by atoms with E-state index < -0.39 is 15.9 Å². The molecule has 1 aromatic heterocycles. The van der Waals surface area contributed by atoms with E-state index in [1.54, 1.807) is 38.1 Å². The van der Waals surface area contributed by atoms with Crippen molar-refractivity contribution in [2.75, 3.05) is 0 Å². The largest absolute Gasteiger partial charge is 0.506 e. The normalized spacial score (nSPS) is 11.5. The van der Waals surface area contributed by atoms with Crippen LogP contribution in [-0.2, 0) is 10.0 Å². The summed E-state index contributed by atoms with van der Waals surface area (Å²) in [4.78, 5) is 12.7. The first kappa shape index (κ1) is 21.7. The maximum atomic E-state index is 12.7. The molecule has 4 aromatic rings. The minimum absolute atomic E-state index is 0.0390. The maximum absolute atomic E-state index is 12.7. The lowest BCUT2D eigenvalue weighted by molar-refractivity contribution is 0.0981. The number of furan rings is 1. The van der Waals surface area contributed by atoms with Gasteiger partial charge in [-0.2, -0.15) is 0 Å². The summed E-state index contributed by atoms with van der Waals surface area (Å²) in [5, 5.41) is 10.3. The number of hydrogen-bond donors (Lipinski definition) is 2. The van der Waals surface area contributed by atoms with Crippen molar-refractivity contribution >= 4 is 38.5 Å². The first-order valence-electron chi connectivity index (χ1n) is 9.48. The first-order valence-corrected chi connectivity index (χ1v) is 11.3. The summed E-state index contributed by atoms with van der Waals surface area (Å²) in [6.45, 7) is 3.40. The smallest absolute Gasteiger partial charge is 0.294 e. The first-order chi connectivity index (χ1) is 15.2. The lowest BCUT2D eigenvalue weighted by atomic mass is 10.1. The molecule has 164 valence electrons. The number of rotatable bonds is 5. The molecule has 0 unspecified atom stereocenters. The van der Waals surface area contributed by atoms with E-state index >= 15 is 0 Å². The van der Waals surface area contributed by atoms with Crippen molar-refractivity contribution < 1.29 is 27.5 Å². The Kier molecular flexibility index (Phi) is 5.58. The zero-order chi connectivity index (χ0) is 23.0. The summed E-state index contributed by atoms with van der Waals surface area (Å²) in [5.74, 6) is -0.288. The van der Waals surface area contributed by atoms with E-state index in [-0.39, 0.29) is 27.2 Å². The molecule has 0 bridgehead atoms. The third kappa shape index (κ3) is 4.15. The van der Waals surface area contributed by atoms with Gasteiger partial charge in [-0.1, -0.05) is 29.8 Å². The summed E-state index contributed by atoms with van der Waals surface area (Å²) < 4.78 is 38.8. The number of phenolic OH excluding ortho intramolecular Hbond substituents is 1. The highest BCUT2D eigenvalue weighted by Crippen LogP contribution is 2.36. The maximum Gasteiger partial charge on any atom is 0.294 e. The van der Waals surface area contributed by atoms with Crippen LogP contribution in [0.5, 0.6) is 17.4 Å². The van der Waals surface area contributed by atoms with Gasteiger partial charge in [-0.3, -0.25) is 4.79 Å². The molecule has 0 saturated heterocycles. The van der Waals surface area contributed by atoms with Crippen molar-refractivity contribution in [3.05, 3.63) is 82.4 Å². The van der Waals surface area contributed by atoms with Gasteiger partial charge in [0.2, 0.25) is 0 Å². The molecule has 4 rings (SSSR count). The number of ether oxygens (including phenoxy) is 1. The second-order valence-corrected chi connectivity index (χ2v) is 9.20. The Balaban J connectivity index is 1.62. The number of hydrogen-bond acceptors (Lipinski definition) is 6. The topological polar surface area (TPSA) is 106 Å². The number of sulfonamides is 1. The Hall–Kier alpha value is -3.49. The average Bonchev–Trinajstić information content (AvgIpc) is 3.05. The van der Waals surface area contributed by atoms with Gasteiger partial charge in [0.25, 0.3) is 21.9 Å². The Labute approximate surface area is 189 Å². The summed E-state index contributed by atoms with van der Waals surface area (Å²) in [6.07, 6.45) is 0. The molecule has 1 heterocycles. The zero-order valence-electron chi connectivity index (χ0n) is 17.0. The molecule has 0 aliphatic carbocycles. The molecule has 0 aliphatic heterocycles. The van der Waals surface area contributed by atoms with Crippen LogP contribution in [0.3, 0.4) is 0 Å². The highest BCUT2D eigenvalue weighted by Gasteiger charge is 2.22. The lowest BCUT2D eigenvalue weighted by Gasteiger charge is -2.09. The standard InChI is InChI=1S/C23H18ClNO6S/c1-13-5-3-4-6-21(13)32(28,29)25-22(27)15-7-10-20-17(11-15)14(2)23(31-20)30-16-8-9-19(26)18(24)12-16/h3-12,26H,1-2H3,(H,25,27). The van der Waals surface area contributed by atoms with Gasteiger partial charge >= 0.3 is 0 Å². The predicted molar refractivity (Wildman–Crippen MR) is 120 cm³/mol. The second kappa shape index (κ2) is 8.22. The van der Waals surface area contributed by atoms with Crippen LogP contribution in [0.25, 0.3) is 11.0 Å². The van der Waals surface area contributed by atoms with Crippen LogP contribution >= 0.6 is 11.6 Å². The average molecular weight is 472 g/mol. The number of fused-ring (bicyclic) bond motifs is 1. The SMILES string of the molecule is Cc1ccccc1S(=O)(=O)NC(=O)c1ccc2oc(Oc3ccc(O)c(Cl)c3)c(C)c2c1. The van der Waals surface area contributed by atoms with Crippen LogP contribution in [-0.4, -0.2) is 19.4 Å². The van der Waals surface area contributed by atoms with E-state index in [4.69, 9.17) is 20.8 Å². The molecule has 2 N–H and O–H groups in total. The van der Waals surface area contributed by atoms with Crippen molar-refractivity contribution in [2.24, 2.45) is 0 Å². The molecule has 0 fully saturated rings. The number of halogens is 1. The third-order valence-electron chi connectivity index (χ3n) is 4.89. The molecule has 7 nitrogen and oxygen atoms in total. The monoisotopic (exact) mass is 471 g/mol. The molecule has 0 atom stereocenters. The van der Waals surface area contributed by atoms with Gasteiger partial charge in [-0.05, 0) is 55.8 Å². The number of aromatic hydroxyl groups is 1. The second-order valence-electron chi connectivity index (χ2n) is 7.14. The van der Waals surface area contributed by atoms with Crippen LogP contribution in [0.4, 0.5) is 0 Å². The number of amides is 1. The predicted octanol–water partition coefficient (Wildman–Crippen LogP) is 5.32. The Morgan fingerprint density at radius 3 is 2.53 bits per heavy atom. The lowest BCUT2D eigenvalue weighted by Crippen LogP contribution is -2.31. The molecule has 3 aromatic carbocycles. The van der Waals surface area contributed by atoms with Gasteiger partial charge in [-0.25, -0.2) is 13.1 Å². The number of phenols is 1. The molecule has 0 spiro atoms. The van der Waals surface area contributed by atoms with Crippen molar-refractivity contribution in [2.45, 2.75) is 18.7 Å². The molecule has 0 saturated carbocycles. The number of carbonyl (C=O) groups is 1. The number of aryl methyl sites for hydroxylation is 2. The fourth-order valence-corrected chi connectivity index (χ4v) is 4.58. The van der Waals surface area contributed by atoms with Gasteiger partial charge in [-0.15, -0.1) is 0 Å². The van der Waals surface area contributed by atoms with Gasteiger partial charge in [0.15, 0.2) is 0 Å². The van der Waals surface area contributed by atoms with Crippen molar-refractivity contribution in [3.63, 3.8) is 0 Å². The van der Waals surface area contributed by atoms with Crippen molar-refractivity contribution in [1.29, 1.82) is 0 Å². The van der Waals surface area contributed by atoms with E-state index in [0.29, 0.717) is 27.8 Å². The molecule has 0 radical (unpaired) electrons. The minimum atomic E-state index is -4.03. The van der Waals surface area contributed by atoms with E-state index in [1.165, 1.54) is 36.4 Å². The quantitative estimate of drug-likeness (QED) is 0.408. The van der Waals surface area contributed by atoms with E-state index in [1.807, 2.05) is 0 Å². The Morgan fingerprint density at radius 1 is 1.06 bits per heavy atom. The minimum Gasteiger partial charge on any atom is -0.506 e. The summed E-state index contributed by atoms with van der Waals surface area (Å²) in [6, 6.07) is 15.3. The fraction of sp³-hybridized carbons (Fsp3) is 0.0870. The van der Waals surface area contributed by atoms with Crippen LogP contribution in [0.1, 0.15) is 21.5 Å². The Morgan fingerprint density at radius 2 is 1.81 bits per heavy atom. The molecule has 32 heavy (non-hydrogen) atoms. The van der Waals surface area contributed by atoms with Crippen LogP contribution < -0.4 is 9.46 Å². The molecular formula is C23H18ClNO6S. The fourth-order valence-electron chi connectivity index (χ4n) is 3.19. The van der Waals surface area contributed by atoms with E-state index in [9.17, 15) is 18.3 Å². The zero-order valence-corrected chi connectivity index (χ0v) is 18.6. The van der Waals surface area contributed by atoms with E-state index in [0.717, 1.165) is 0 Å². The summed E-state index contributed by atoms with van der Waals surface area (Å²) in [5.41, 5.74) is 1.75. The van der Waals surface area contributed by atoms with Crippen LogP contribution in [0, 0.1) is 13.8 Å². The van der Waals surface area contributed by atoms with E-state index in [2.05, 4.69) is 4.72 Å². The summed E-state index contributed by atoms with van der Waals surface area (Å²) in [7, 11) is -4.03. The highest BCUT2D eigenvalue weighted by atomic mass is 35.5. The van der Waals surface area contributed by atoms with Crippen LogP contribution in [0.15, 0.2) is 70.0 Å². The Bertz CT molecular complexity index is 1460. The highest BCUT2D eigenvalue weighted by molar-refractivity contribution is 7.90. The van der Waals surface area contributed by atoms with Crippen LogP contribution in [0.2, 0.25) is 5.02 Å². The molecule has 9 heteroatoms. The van der Waals surface area contributed by atoms with Gasteiger partial charge in [0.1, 0.15) is 17.1 Å². The van der Waals surface area contributed by atoms with Crippen molar-refractivity contribution in [3.8, 4) is 17.4 Å². The molecular weight excluding hydrogens is 454 g/mol. The van der Waals surface area contributed by atoms with Crippen molar-refractivity contribution in [1.82, 2.24) is 4.72 Å². The summed E-state index contributed by atoms with van der Waals surface area (Å²) >= 11 is 5.91. The van der Waals surface area contributed by atoms with Gasteiger partial charge in [0.05, 0.1) is 9.92 Å². The third-order valence-corrected chi connectivity index (χ3v) is 6.69. The number of benzene rings is 3. The van der Waals surface area contributed by atoms with Gasteiger partial charge < -0.3 is 14.3 Å². The number of nitrogens with one attached hydrogen (secondary N) is 1. The number of carbonyl (C=O) groups excluding carboxylic acids is 1. The van der Waals surface area contributed by atoms with Gasteiger partial charge in [0, 0.05) is 22.6 Å². The molecule has 1 amide bonds. The molecule has 0 aliphatic rings.